The highest BCUT2D eigenvalue weighted by molar-refractivity contribution is 5.80. The lowest BCUT2D eigenvalue weighted by Gasteiger charge is -2.39. The van der Waals surface area contributed by atoms with Gasteiger partial charge in [0.1, 0.15) is 5.54 Å². The van der Waals surface area contributed by atoms with Gasteiger partial charge in [-0.05, 0) is 45.7 Å². The van der Waals surface area contributed by atoms with Crippen LogP contribution in [0.1, 0.15) is 39.5 Å². The van der Waals surface area contributed by atoms with E-state index >= 15 is 0 Å². The van der Waals surface area contributed by atoms with E-state index in [-0.39, 0.29) is 5.97 Å². The lowest BCUT2D eigenvalue weighted by atomic mass is 9.96. The number of rotatable bonds is 7. The van der Waals surface area contributed by atoms with E-state index < -0.39 is 5.54 Å². The van der Waals surface area contributed by atoms with Crippen molar-refractivity contribution < 1.29 is 9.53 Å². The van der Waals surface area contributed by atoms with Crippen molar-refractivity contribution in [2.45, 2.75) is 51.1 Å². The van der Waals surface area contributed by atoms with Crippen molar-refractivity contribution in [3.63, 3.8) is 0 Å². The van der Waals surface area contributed by atoms with Crippen LogP contribution in [0.3, 0.4) is 0 Å². The van der Waals surface area contributed by atoms with Gasteiger partial charge in [-0.2, -0.15) is 0 Å². The van der Waals surface area contributed by atoms with Crippen molar-refractivity contribution >= 4 is 5.97 Å². The quantitative estimate of drug-likeness (QED) is 0.713. The van der Waals surface area contributed by atoms with Crippen LogP contribution in [0, 0.1) is 0 Å². The SMILES string of the molecule is CCCNC(C)(CCN1CCN2CCCC2C1)C(=O)OC. The fourth-order valence-electron chi connectivity index (χ4n) is 3.53. The van der Waals surface area contributed by atoms with Crippen molar-refractivity contribution in [3.05, 3.63) is 0 Å². The van der Waals surface area contributed by atoms with Gasteiger partial charge in [0.2, 0.25) is 0 Å². The third kappa shape index (κ3) is 4.18. The first kappa shape index (κ1) is 16.7. The summed E-state index contributed by atoms with van der Waals surface area (Å²) in [5, 5.41) is 3.37. The van der Waals surface area contributed by atoms with Gasteiger partial charge in [-0.1, -0.05) is 6.92 Å². The molecule has 0 aliphatic carbocycles. The lowest BCUT2D eigenvalue weighted by Crippen LogP contribution is -2.55. The standard InChI is InChI=1S/C16H31N3O2/c1-4-8-17-16(2,15(20)21-3)7-10-18-11-12-19-9-5-6-14(19)13-18/h14,17H,4-13H2,1-3H3. The van der Waals surface area contributed by atoms with Gasteiger partial charge in [-0.15, -0.1) is 0 Å². The Labute approximate surface area is 129 Å². The van der Waals surface area contributed by atoms with Crippen LogP contribution in [0.5, 0.6) is 0 Å². The first-order valence-electron chi connectivity index (χ1n) is 8.39. The summed E-state index contributed by atoms with van der Waals surface area (Å²) in [6, 6.07) is 0.742. The Kier molecular flexibility index (Phi) is 6.02. The number of ether oxygens (including phenoxy) is 1. The molecule has 0 aromatic heterocycles. The van der Waals surface area contributed by atoms with E-state index in [4.69, 9.17) is 4.74 Å². The van der Waals surface area contributed by atoms with Gasteiger partial charge in [-0.3, -0.25) is 9.69 Å². The van der Waals surface area contributed by atoms with Crippen LogP contribution in [0.25, 0.3) is 0 Å². The maximum atomic E-state index is 12.1. The predicted molar refractivity (Wildman–Crippen MR) is 84.4 cm³/mol. The molecule has 2 aliphatic rings. The molecule has 2 unspecified atom stereocenters. The second kappa shape index (κ2) is 7.56. The molecule has 2 heterocycles. The van der Waals surface area contributed by atoms with Gasteiger partial charge in [0.15, 0.2) is 0 Å². The first-order valence-corrected chi connectivity index (χ1v) is 8.39. The topological polar surface area (TPSA) is 44.8 Å². The number of hydrogen-bond acceptors (Lipinski definition) is 5. The minimum absolute atomic E-state index is 0.143. The van der Waals surface area contributed by atoms with Gasteiger partial charge >= 0.3 is 5.97 Å². The number of piperazine rings is 1. The maximum absolute atomic E-state index is 12.1. The fraction of sp³-hybridized carbons (Fsp3) is 0.938. The number of fused-ring (bicyclic) bond motifs is 1. The smallest absolute Gasteiger partial charge is 0.325 e. The minimum atomic E-state index is -0.558. The third-order valence-corrected chi connectivity index (χ3v) is 5.00. The van der Waals surface area contributed by atoms with Crippen LogP contribution in [0.4, 0.5) is 0 Å². The zero-order valence-electron chi connectivity index (χ0n) is 13.9. The summed E-state index contributed by atoms with van der Waals surface area (Å²) in [5.74, 6) is -0.143. The monoisotopic (exact) mass is 297 g/mol. The average Bonchev–Trinajstić information content (AvgIpc) is 2.97. The van der Waals surface area contributed by atoms with E-state index in [2.05, 4.69) is 22.0 Å². The summed E-state index contributed by atoms with van der Waals surface area (Å²) in [6.07, 6.45) is 4.51. The average molecular weight is 297 g/mol. The summed E-state index contributed by atoms with van der Waals surface area (Å²) in [6.45, 7) is 10.6. The summed E-state index contributed by atoms with van der Waals surface area (Å²) in [5.41, 5.74) is -0.558. The summed E-state index contributed by atoms with van der Waals surface area (Å²) in [7, 11) is 1.48. The van der Waals surface area contributed by atoms with E-state index in [1.54, 1.807) is 0 Å². The molecule has 0 aromatic carbocycles. The Hall–Kier alpha value is -0.650. The highest BCUT2D eigenvalue weighted by Crippen LogP contribution is 2.22. The molecule has 5 heteroatoms. The van der Waals surface area contributed by atoms with Gasteiger partial charge in [-0.25, -0.2) is 0 Å². The molecule has 2 atom stereocenters. The van der Waals surface area contributed by atoms with Crippen molar-refractivity contribution in [2.75, 3.05) is 46.4 Å². The van der Waals surface area contributed by atoms with Crippen LogP contribution in [0.15, 0.2) is 0 Å². The number of carbonyl (C=O) groups excluding carboxylic acids is 1. The molecule has 0 saturated carbocycles. The molecular weight excluding hydrogens is 266 g/mol. The van der Waals surface area contributed by atoms with Gasteiger partial charge in [0.05, 0.1) is 7.11 Å². The summed E-state index contributed by atoms with van der Waals surface area (Å²) >= 11 is 0. The normalized spacial score (nSPS) is 26.3. The number of esters is 1. The fourth-order valence-corrected chi connectivity index (χ4v) is 3.53. The molecule has 5 nitrogen and oxygen atoms in total. The van der Waals surface area contributed by atoms with Gasteiger partial charge in [0, 0.05) is 32.2 Å². The van der Waals surface area contributed by atoms with Crippen molar-refractivity contribution in [3.8, 4) is 0 Å². The van der Waals surface area contributed by atoms with E-state index in [0.29, 0.717) is 0 Å². The Morgan fingerprint density at radius 3 is 2.90 bits per heavy atom. The second-order valence-corrected chi connectivity index (χ2v) is 6.63. The molecule has 2 saturated heterocycles. The maximum Gasteiger partial charge on any atom is 0.325 e. The van der Waals surface area contributed by atoms with E-state index in [0.717, 1.165) is 45.1 Å². The van der Waals surface area contributed by atoms with Crippen LogP contribution in [0.2, 0.25) is 0 Å². The molecular formula is C16H31N3O2. The van der Waals surface area contributed by atoms with Gasteiger partial charge in [0.25, 0.3) is 0 Å². The zero-order valence-corrected chi connectivity index (χ0v) is 13.9. The number of carbonyl (C=O) groups is 1. The summed E-state index contributed by atoms with van der Waals surface area (Å²) < 4.78 is 4.99. The zero-order chi connectivity index (χ0) is 15.3. The molecule has 122 valence electrons. The van der Waals surface area contributed by atoms with E-state index in [1.807, 2.05) is 6.92 Å². The minimum Gasteiger partial charge on any atom is -0.468 e. The van der Waals surface area contributed by atoms with Crippen LogP contribution in [-0.2, 0) is 9.53 Å². The Bertz CT molecular complexity index is 350. The Morgan fingerprint density at radius 1 is 1.38 bits per heavy atom. The molecule has 2 aliphatic heterocycles. The largest absolute Gasteiger partial charge is 0.468 e. The molecule has 0 spiro atoms. The predicted octanol–water partition coefficient (Wildman–Crippen LogP) is 1.09. The molecule has 21 heavy (non-hydrogen) atoms. The van der Waals surface area contributed by atoms with Crippen LogP contribution < -0.4 is 5.32 Å². The number of hydrogen-bond donors (Lipinski definition) is 1. The highest BCUT2D eigenvalue weighted by Gasteiger charge is 2.35. The number of nitrogens with one attached hydrogen (secondary N) is 1. The molecule has 2 fully saturated rings. The molecule has 0 radical (unpaired) electrons. The van der Waals surface area contributed by atoms with Crippen LogP contribution in [-0.4, -0.2) is 73.7 Å². The Balaban J connectivity index is 1.84. The molecule has 0 bridgehead atoms. The van der Waals surface area contributed by atoms with Crippen molar-refractivity contribution in [1.29, 1.82) is 0 Å². The third-order valence-electron chi connectivity index (χ3n) is 5.00. The van der Waals surface area contributed by atoms with E-state index in [9.17, 15) is 4.79 Å². The molecule has 1 N–H and O–H groups in total. The first-order chi connectivity index (χ1) is 10.1. The molecule has 0 aromatic rings. The summed E-state index contributed by atoms with van der Waals surface area (Å²) in [4.78, 5) is 17.2. The second-order valence-electron chi connectivity index (χ2n) is 6.63. The van der Waals surface area contributed by atoms with Crippen molar-refractivity contribution in [2.24, 2.45) is 0 Å². The number of nitrogens with zero attached hydrogens (tertiary/aromatic N) is 2. The lowest BCUT2D eigenvalue weighted by molar-refractivity contribution is -0.148. The molecule has 0 amide bonds. The molecule has 2 rings (SSSR count). The van der Waals surface area contributed by atoms with E-state index in [1.165, 1.54) is 33.0 Å². The van der Waals surface area contributed by atoms with Gasteiger partial charge < -0.3 is 15.0 Å². The van der Waals surface area contributed by atoms with Crippen molar-refractivity contribution in [1.82, 2.24) is 15.1 Å². The number of methoxy groups -OCH3 is 1. The Morgan fingerprint density at radius 2 is 2.19 bits per heavy atom. The highest BCUT2D eigenvalue weighted by atomic mass is 16.5. The van der Waals surface area contributed by atoms with Crippen LogP contribution >= 0.6 is 0 Å².